The van der Waals surface area contributed by atoms with E-state index in [4.69, 9.17) is 4.74 Å². The van der Waals surface area contributed by atoms with Gasteiger partial charge in [0.1, 0.15) is 11.4 Å². The molecule has 3 fully saturated rings. The highest BCUT2D eigenvalue weighted by molar-refractivity contribution is 6.01. The first-order valence-corrected chi connectivity index (χ1v) is 13.0. The number of ketones is 2. The molecule has 7 nitrogen and oxygen atoms in total. The van der Waals surface area contributed by atoms with E-state index in [9.17, 15) is 29.0 Å². The van der Waals surface area contributed by atoms with Gasteiger partial charge in [0.2, 0.25) is 5.78 Å². The first-order chi connectivity index (χ1) is 17.8. The maximum Gasteiger partial charge on any atom is 0.412 e. The first kappa shape index (κ1) is 26.7. The van der Waals surface area contributed by atoms with Gasteiger partial charge in [0.15, 0.2) is 18.1 Å². The van der Waals surface area contributed by atoms with E-state index in [0.717, 1.165) is 12.1 Å². The molecule has 3 N–H and O–H groups in total. The van der Waals surface area contributed by atoms with Gasteiger partial charge in [-0.1, -0.05) is 25.5 Å². The van der Waals surface area contributed by atoms with Crippen molar-refractivity contribution in [2.45, 2.75) is 63.8 Å². The molecule has 0 aromatic heterocycles. The Morgan fingerprint density at radius 1 is 1.18 bits per heavy atom. The highest BCUT2D eigenvalue weighted by Crippen LogP contribution is 2.70. The maximum atomic E-state index is 17.2. The summed E-state index contributed by atoms with van der Waals surface area (Å²) in [6.07, 6.45) is 3.00. The number of carbonyl (C=O) groups excluding carboxylic acids is 3. The Balaban J connectivity index is 1.38. The maximum absolute atomic E-state index is 17.2. The highest BCUT2D eigenvalue weighted by Gasteiger charge is 2.75. The fourth-order valence-corrected chi connectivity index (χ4v) is 8.07. The monoisotopic (exact) mass is 529 g/mol. The smallest absolute Gasteiger partial charge is 0.412 e. The number of benzene rings is 1. The lowest BCUT2D eigenvalue weighted by molar-refractivity contribution is -0.219. The Hall–Kier alpha value is -2.91. The predicted molar refractivity (Wildman–Crippen MR) is 134 cm³/mol. The van der Waals surface area contributed by atoms with Crippen molar-refractivity contribution in [3.05, 3.63) is 53.9 Å². The molecule has 0 aliphatic heterocycles. The van der Waals surface area contributed by atoms with E-state index in [1.54, 1.807) is 26.8 Å². The van der Waals surface area contributed by atoms with E-state index in [0.29, 0.717) is 24.8 Å². The fraction of sp³-hybridized carbons (Fsp3) is 0.552. The van der Waals surface area contributed by atoms with Crippen LogP contribution in [-0.4, -0.2) is 51.9 Å². The molecule has 4 aliphatic rings. The molecule has 0 saturated heterocycles. The number of hydrogen-bond donors (Lipinski definition) is 3. The first-order valence-electron chi connectivity index (χ1n) is 13.0. The van der Waals surface area contributed by atoms with Gasteiger partial charge in [-0.05, 0) is 80.9 Å². The van der Waals surface area contributed by atoms with E-state index in [1.807, 2.05) is 0 Å². The van der Waals surface area contributed by atoms with Crippen LogP contribution in [0.1, 0.15) is 46.5 Å². The lowest BCUT2D eigenvalue weighted by atomic mass is 9.44. The minimum absolute atomic E-state index is 0.163. The summed E-state index contributed by atoms with van der Waals surface area (Å²) in [6.45, 7) is 4.44. The van der Waals surface area contributed by atoms with Crippen LogP contribution < -0.4 is 5.32 Å². The van der Waals surface area contributed by atoms with Crippen molar-refractivity contribution in [1.29, 1.82) is 0 Å². The Bertz CT molecular complexity index is 1250. The fourth-order valence-electron chi connectivity index (χ4n) is 8.07. The standard InChI is InChI=1S/C29H33F2NO6/c1-16-12-22-21-9-4-17-13-20(33)10-11-26(17,2)28(21,31)23(34)14-27(22,3)29(16,37)24(35)15-38-25(36)32-19-7-5-18(30)6-8-19/h5-8,10-11,13,16,21-23,34,37H,4,9,12,14-15H2,1-3H3,(H,32,36)/t16-,21?,22?,23+,26+,27+,28+,29+/m1/s1. The molecule has 4 aliphatic carbocycles. The molecule has 3 saturated carbocycles. The van der Waals surface area contributed by atoms with Gasteiger partial charge in [-0.15, -0.1) is 0 Å². The lowest BCUT2D eigenvalue weighted by Gasteiger charge is -2.62. The van der Waals surface area contributed by atoms with Crippen LogP contribution in [-0.2, 0) is 14.3 Å². The number of hydrogen-bond acceptors (Lipinski definition) is 6. The molecule has 5 rings (SSSR count). The van der Waals surface area contributed by atoms with Crippen LogP contribution in [0, 0.1) is 34.4 Å². The molecule has 0 heterocycles. The Morgan fingerprint density at radius 2 is 1.87 bits per heavy atom. The largest absolute Gasteiger partial charge is 0.441 e. The second-order valence-corrected chi connectivity index (χ2v) is 11.8. The number of halogens is 2. The number of Topliss-reactive ketones (excluding diaryl/α,β-unsaturated/α-hetero) is 1. The molecule has 1 aromatic rings. The summed E-state index contributed by atoms with van der Waals surface area (Å²) in [6, 6.07) is 5.00. The topological polar surface area (TPSA) is 113 Å². The number of nitrogens with one attached hydrogen (secondary N) is 1. The molecule has 1 amide bonds. The van der Waals surface area contributed by atoms with Crippen LogP contribution in [0.2, 0.25) is 0 Å². The van der Waals surface area contributed by atoms with Crippen molar-refractivity contribution in [3.63, 3.8) is 0 Å². The van der Waals surface area contributed by atoms with Crippen LogP contribution in [0.15, 0.2) is 48.1 Å². The average Bonchev–Trinajstić information content (AvgIpc) is 3.07. The average molecular weight is 530 g/mol. The molecule has 1 aromatic carbocycles. The molecular formula is C29H33F2NO6. The van der Waals surface area contributed by atoms with E-state index in [-0.39, 0.29) is 17.9 Å². The minimum atomic E-state index is -2.07. The van der Waals surface area contributed by atoms with Crippen LogP contribution in [0.25, 0.3) is 0 Å². The zero-order valence-corrected chi connectivity index (χ0v) is 21.7. The number of aliphatic hydroxyl groups excluding tert-OH is 1. The molecular weight excluding hydrogens is 496 g/mol. The van der Waals surface area contributed by atoms with Crippen molar-refractivity contribution < 1.29 is 38.1 Å². The summed E-state index contributed by atoms with van der Waals surface area (Å²) in [5.41, 5.74) is -5.42. The molecule has 8 atom stereocenters. The number of fused-ring (bicyclic) bond motifs is 5. The third-order valence-electron chi connectivity index (χ3n) is 10.1. The summed E-state index contributed by atoms with van der Waals surface area (Å²) < 4.78 is 35.4. The number of carbonyl (C=O) groups is 3. The van der Waals surface area contributed by atoms with Crippen LogP contribution in [0.5, 0.6) is 0 Å². The predicted octanol–water partition coefficient (Wildman–Crippen LogP) is 4.29. The van der Waals surface area contributed by atoms with Crippen molar-refractivity contribution in [1.82, 2.24) is 0 Å². The van der Waals surface area contributed by atoms with Crippen molar-refractivity contribution in [3.8, 4) is 0 Å². The Kier molecular flexibility index (Phi) is 6.19. The second kappa shape index (κ2) is 8.81. The van der Waals surface area contributed by atoms with Crippen LogP contribution in [0.4, 0.5) is 19.3 Å². The zero-order chi connectivity index (χ0) is 27.7. The van der Waals surface area contributed by atoms with Gasteiger partial charge in [-0.2, -0.15) is 0 Å². The number of allylic oxidation sites excluding steroid dienone is 4. The van der Waals surface area contributed by atoms with E-state index in [2.05, 4.69) is 5.32 Å². The zero-order valence-electron chi connectivity index (χ0n) is 21.7. The van der Waals surface area contributed by atoms with E-state index >= 15 is 4.39 Å². The SMILES string of the molecule is C[C@@H]1CC2C3CCC4=CC(=O)C=C[C@]4(C)[C@@]3(F)[C@@H](O)C[C@]2(C)[C@@]1(O)C(=O)COC(=O)Nc1ccc(F)cc1. The van der Waals surface area contributed by atoms with Gasteiger partial charge in [-0.25, -0.2) is 13.6 Å². The normalized spacial score (nSPS) is 41.4. The third-order valence-corrected chi connectivity index (χ3v) is 10.1. The molecule has 0 spiro atoms. The molecule has 0 bridgehead atoms. The quantitative estimate of drug-likeness (QED) is 0.537. The van der Waals surface area contributed by atoms with Crippen LogP contribution in [0.3, 0.4) is 0 Å². The summed E-state index contributed by atoms with van der Waals surface area (Å²) in [5, 5.41) is 25.7. The van der Waals surface area contributed by atoms with Gasteiger partial charge >= 0.3 is 6.09 Å². The van der Waals surface area contributed by atoms with Gasteiger partial charge in [0.25, 0.3) is 0 Å². The molecule has 9 heteroatoms. The molecule has 2 unspecified atom stereocenters. The highest BCUT2D eigenvalue weighted by atomic mass is 19.1. The van der Waals surface area contributed by atoms with Crippen LogP contribution >= 0.6 is 0 Å². The minimum Gasteiger partial charge on any atom is -0.441 e. The second-order valence-electron chi connectivity index (χ2n) is 11.8. The summed E-state index contributed by atoms with van der Waals surface area (Å²) >= 11 is 0. The van der Waals surface area contributed by atoms with E-state index in [1.165, 1.54) is 24.3 Å². The molecule has 38 heavy (non-hydrogen) atoms. The summed E-state index contributed by atoms with van der Waals surface area (Å²) in [7, 11) is 0. The van der Waals surface area contributed by atoms with E-state index < -0.39 is 70.3 Å². The number of anilines is 1. The molecule has 0 radical (unpaired) electrons. The molecule has 204 valence electrons. The summed E-state index contributed by atoms with van der Waals surface area (Å²) in [5.74, 6) is -3.03. The number of aliphatic hydroxyl groups is 2. The van der Waals surface area contributed by atoms with Crippen molar-refractivity contribution >= 4 is 23.3 Å². The van der Waals surface area contributed by atoms with Gasteiger partial charge < -0.3 is 14.9 Å². The number of alkyl halides is 1. The van der Waals surface area contributed by atoms with Gasteiger partial charge in [0, 0.05) is 22.4 Å². The summed E-state index contributed by atoms with van der Waals surface area (Å²) in [4.78, 5) is 37.7. The Labute approximate surface area is 219 Å². The number of ether oxygens (including phenoxy) is 1. The third kappa shape index (κ3) is 3.54. The lowest BCUT2D eigenvalue weighted by Crippen LogP contribution is -2.69. The van der Waals surface area contributed by atoms with Crippen molar-refractivity contribution in [2.75, 3.05) is 11.9 Å². The van der Waals surface area contributed by atoms with Gasteiger partial charge in [0.05, 0.1) is 6.10 Å². The number of amides is 1. The van der Waals surface area contributed by atoms with Gasteiger partial charge in [-0.3, -0.25) is 14.9 Å². The Morgan fingerprint density at radius 3 is 2.55 bits per heavy atom. The number of rotatable bonds is 4. The van der Waals surface area contributed by atoms with Crippen molar-refractivity contribution in [2.24, 2.45) is 28.6 Å².